The minimum Gasteiger partial charge on any atom is -0.434 e. The standard InChI is InChI=1S/C7H9NO4/c1-3-10-7(9)12-6-5(2)8-4-11-6/h4H,3H2,1-2H3. The summed E-state index contributed by atoms with van der Waals surface area (Å²) in [6.07, 6.45) is 0.418. The lowest BCUT2D eigenvalue weighted by atomic mass is 10.5. The van der Waals surface area contributed by atoms with Crippen LogP contribution in [0.1, 0.15) is 12.6 Å². The highest BCUT2D eigenvalue weighted by Crippen LogP contribution is 2.15. The molecule has 0 aliphatic rings. The Morgan fingerprint density at radius 3 is 3.00 bits per heavy atom. The lowest BCUT2D eigenvalue weighted by Crippen LogP contribution is -2.10. The molecule has 0 amide bonds. The Morgan fingerprint density at radius 1 is 1.75 bits per heavy atom. The maximum atomic E-state index is 10.7. The molecular formula is C7H9NO4. The van der Waals surface area contributed by atoms with Crippen molar-refractivity contribution < 1.29 is 18.7 Å². The lowest BCUT2D eigenvalue weighted by molar-refractivity contribution is 0.0945. The van der Waals surface area contributed by atoms with Crippen molar-refractivity contribution in [1.82, 2.24) is 4.98 Å². The number of aryl methyl sites for hydroxylation is 1. The van der Waals surface area contributed by atoms with E-state index in [1.807, 2.05) is 0 Å². The van der Waals surface area contributed by atoms with E-state index in [4.69, 9.17) is 4.42 Å². The van der Waals surface area contributed by atoms with Crippen LogP contribution in [0.5, 0.6) is 5.95 Å². The van der Waals surface area contributed by atoms with Crippen molar-refractivity contribution in [3.63, 3.8) is 0 Å². The van der Waals surface area contributed by atoms with Gasteiger partial charge in [-0.1, -0.05) is 0 Å². The van der Waals surface area contributed by atoms with Crippen molar-refractivity contribution in [2.45, 2.75) is 13.8 Å². The Hall–Kier alpha value is -1.52. The fourth-order valence-electron chi connectivity index (χ4n) is 0.612. The highest BCUT2D eigenvalue weighted by molar-refractivity contribution is 5.62. The first-order valence-corrected chi connectivity index (χ1v) is 3.48. The summed E-state index contributed by atoms with van der Waals surface area (Å²) in [4.78, 5) is 14.5. The van der Waals surface area contributed by atoms with Crippen LogP contribution in [0.4, 0.5) is 4.79 Å². The molecule has 0 saturated carbocycles. The van der Waals surface area contributed by atoms with Crippen molar-refractivity contribution in [2.75, 3.05) is 6.61 Å². The van der Waals surface area contributed by atoms with E-state index in [2.05, 4.69) is 14.5 Å². The molecular weight excluding hydrogens is 162 g/mol. The van der Waals surface area contributed by atoms with Crippen LogP contribution in [0, 0.1) is 6.92 Å². The van der Waals surface area contributed by atoms with E-state index in [9.17, 15) is 4.79 Å². The van der Waals surface area contributed by atoms with Crippen LogP contribution in [0.15, 0.2) is 10.8 Å². The number of rotatable bonds is 2. The van der Waals surface area contributed by atoms with Gasteiger partial charge in [-0.2, -0.15) is 0 Å². The van der Waals surface area contributed by atoms with E-state index in [1.54, 1.807) is 13.8 Å². The number of hydrogen-bond donors (Lipinski definition) is 0. The van der Waals surface area contributed by atoms with Gasteiger partial charge in [-0.25, -0.2) is 9.78 Å². The number of carbonyl (C=O) groups is 1. The maximum absolute atomic E-state index is 10.7. The average Bonchev–Trinajstić information content (AvgIpc) is 2.37. The maximum Gasteiger partial charge on any atom is 0.516 e. The molecule has 0 atom stereocenters. The Kier molecular flexibility index (Phi) is 2.68. The predicted molar refractivity (Wildman–Crippen MR) is 38.9 cm³/mol. The third kappa shape index (κ3) is 1.98. The number of carbonyl (C=O) groups excluding carboxylic acids is 1. The molecule has 0 bridgehead atoms. The van der Waals surface area contributed by atoms with Gasteiger partial charge in [0.2, 0.25) is 0 Å². The zero-order valence-electron chi connectivity index (χ0n) is 6.86. The molecule has 0 fully saturated rings. The van der Waals surface area contributed by atoms with E-state index in [1.165, 1.54) is 6.39 Å². The molecule has 5 nitrogen and oxygen atoms in total. The monoisotopic (exact) mass is 171 g/mol. The van der Waals surface area contributed by atoms with Gasteiger partial charge < -0.3 is 13.9 Å². The van der Waals surface area contributed by atoms with Gasteiger partial charge in [-0.3, -0.25) is 0 Å². The Balaban J connectivity index is 2.52. The zero-order chi connectivity index (χ0) is 8.97. The summed E-state index contributed by atoms with van der Waals surface area (Å²) in [6.45, 7) is 3.62. The van der Waals surface area contributed by atoms with Gasteiger partial charge in [0.05, 0.1) is 6.61 Å². The van der Waals surface area contributed by atoms with Crippen molar-refractivity contribution in [2.24, 2.45) is 0 Å². The third-order valence-electron chi connectivity index (χ3n) is 1.14. The number of hydrogen-bond acceptors (Lipinski definition) is 5. The summed E-state index contributed by atoms with van der Waals surface area (Å²) < 4.78 is 13.9. The smallest absolute Gasteiger partial charge is 0.434 e. The van der Waals surface area contributed by atoms with E-state index in [-0.39, 0.29) is 12.6 Å². The van der Waals surface area contributed by atoms with Gasteiger partial charge in [-0.05, 0) is 13.8 Å². The van der Waals surface area contributed by atoms with Crippen molar-refractivity contribution in [3.05, 3.63) is 12.1 Å². The SMILES string of the molecule is CCOC(=O)Oc1ocnc1C. The molecule has 0 aliphatic heterocycles. The quantitative estimate of drug-likeness (QED) is 0.631. The summed E-state index contributed by atoms with van der Waals surface area (Å²) in [5.41, 5.74) is 0.517. The molecule has 0 N–H and O–H groups in total. The average molecular weight is 171 g/mol. The molecule has 0 saturated heterocycles. The molecule has 0 spiro atoms. The third-order valence-corrected chi connectivity index (χ3v) is 1.14. The Bertz CT molecular complexity index is 268. The molecule has 1 heterocycles. The molecule has 0 aromatic carbocycles. The van der Waals surface area contributed by atoms with Crippen LogP contribution in [0.25, 0.3) is 0 Å². The molecule has 1 aromatic rings. The normalized spacial score (nSPS) is 9.50. The molecule has 0 radical (unpaired) electrons. The van der Waals surface area contributed by atoms with Crippen LogP contribution >= 0.6 is 0 Å². The lowest BCUT2D eigenvalue weighted by Gasteiger charge is -1.99. The van der Waals surface area contributed by atoms with Gasteiger partial charge >= 0.3 is 12.1 Å². The fourth-order valence-corrected chi connectivity index (χ4v) is 0.612. The van der Waals surface area contributed by atoms with Gasteiger partial charge in [-0.15, -0.1) is 0 Å². The Labute approximate surface area is 69.3 Å². The predicted octanol–water partition coefficient (Wildman–Crippen LogP) is 1.52. The van der Waals surface area contributed by atoms with E-state index in [0.717, 1.165) is 0 Å². The van der Waals surface area contributed by atoms with Crippen molar-refractivity contribution in [3.8, 4) is 5.95 Å². The largest absolute Gasteiger partial charge is 0.516 e. The zero-order valence-corrected chi connectivity index (χ0v) is 6.86. The number of aromatic nitrogens is 1. The van der Waals surface area contributed by atoms with Crippen LogP contribution in [0.2, 0.25) is 0 Å². The summed E-state index contributed by atoms with van der Waals surface area (Å²) in [5, 5.41) is 0. The molecule has 0 aliphatic carbocycles. The molecule has 5 heteroatoms. The van der Waals surface area contributed by atoms with Crippen molar-refractivity contribution in [1.29, 1.82) is 0 Å². The second-order valence-electron chi connectivity index (χ2n) is 2.01. The van der Waals surface area contributed by atoms with Crippen LogP contribution < -0.4 is 4.74 Å². The van der Waals surface area contributed by atoms with E-state index in [0.29, 0.717) is 5.69 Å². The van der Waals surface area contributed by atoms with Gasteiger partial charge in [0.1, 0.15) is 5.69 Å². The topological polar surface area (TPSA) is 61.6 Å². The van der Waals surface area contributed by atoms with E-state index >= 15 is 0 Å². The number of nitrogens with zero attached hydrogens (tertiary/aromatic N) is 1. The highest BCUT2D eigenvalue weighted by atomic mass is 16.8. The minimum atomic E-state index is -0.780. The van der Waals surface area contributed by atoms with Gasteiger partial charge in [0, 0.05) is 0 Å². The van der Waals surface area contributed by atoms with Crippen LogP contribution in [0.3, 0.4) is 0 Å². The van der Waals surface area contributed by atoms with Crippen LogP contribution in [-0.4, -0.2) is 17.7 Å². The summed E-state index contributed by atoms with van der Waals surface area (Å²) in [6, 6.07) is 0. The molecule has 1 rings (SSSR count). The summed E-state index contributed by atoms with van der Waals surface area (Å²) >= 11 is 0. The minimum absolute atomic E-state index is 0.0773. The summed E-state index contributed by atoms with van der Waals surface area (Å²) in [5.74, 6) is 0.0773. The van der Waals surface area contributed by atoms with Gasteiger partial charge in [0.15, 0.2) is 6.39 Å². The highest BCUT2D eigenvalue weighted by Gasteiger charge is 2.10. The van der Waals surface area contributed by atoms with Crippen molar-refractivity contribution >= 4 is 6.16 Å². The molecule has 66 valence electrons. The molecule has 0 unspecified atom stereocenters. The van der Waals surface area contributed by atoms with E-state index < -0.39 is 6.16 Å². The Morgan fingerprint density at radius 2 is 2.50 bits per heavy atom. The second-order valence-corrected chi connectivity index (χ2v) is 2.01. The fraction of sp³-hybridized carbons (Fsp3) is 0.429. The number of ether oxygens (including phenoxy) is 2. The number of oxazole rings is 1. The van der Waals surface area contributed by atoms with Crippen LogP contribution in [-0.2, 0) is 4.74 Å². The van der Waals surface area contributed by atoms with Gasteiger partial charge in [0.25, 0.3) is 0 Å². The first kappa shape index (κ1) is 8.58. The molecule has 1 aromatic heterocycles. The molecule has 12 heavy (non-hydrogen) atoms. The first-order valence-electron chi connectivity index (χ1n) is 3.48. The summed E-state index contributed by atoms with van der Waals surface area (Å²) in [7, 11) is 0. The first-order chi connectivity index (χ1) is 5.74. The second kappa shape index (κ2) is 3.75.